The molecule has 0 spiro atoms. The summed E-state index contributed by atoms with van der Waals surface area (Å²) in [6.07, 6.45) is 5.32. The zero-order valence-electron chi connectivity index (χ0n) is 18.5. The number of allylic oxidation sites excluding steroid dienone is 3. The van der Waals surface area contributed by atoms with Crippen molar-refractivity contribution in [3.8, 4) is 11.3 Å². The number of rotatable bonds is 5. The second-order valence-corrected chi connectivity index (χ2v) is 9.10. The molecule has 8 heteroatoms. The molecule has 1 aromatic heterocycles. The summed E-state index contributed by atoms with van der Waals surface area (Å²) in [4.78, 5) is 43.3. The normalized spacial score (nSPS) is 18.2. The number of fused-ring (bicyclic) bond motifs is 1. The van der Waals surface area contributed by atoms with E-state index < -0.39 is 5.92 Å². The number of hydrogen-bond donors (Lipinski definition) is 1. The molecule has 2 aromatic rings. The van der Waals surface area contributed by atoms with E-state index >= 15 is 0 Å². The zero-order valence-corrected chi connectivity index (χ0v) is 19.3. The molecule has 4 amide bonds. The Balaban J connectivity index is 1.47. The highest BCUT2D eigenvalue weighted by atomic mass is 32.1. The van der Waals surface area contributed by atoms with Crippen molar-refractivity contribution in [2.24, 2.45) is 5.92 Å². The first-order valence-corrected chi connectivity index (χ1v) is 11.3. The Hall–Kier alpha value is -3.39. The first-order valence-electron chi connectivity index (χ1n) is 10.4. The number of nitrogens with one attached hydrogen (secondary N) is 1. The smallest absolute Gasteiger partial charge is 0.302 e. The summed E-state index contributed by atoms with van der Waals surface area (Å²) in [6, 6.07) is 7.88. The van der Waals surface area contributed by atoms with Gasteiger partial charge in [-0.3, -0.25) is 4.79 Å². The number of amides is 4. The van der Waals surface area contributed by atoms with Crippen molar-refractivity contribution in [2.75, 3.05) is 19.4 Å². The monoisotopic (exact) mass is 449 g/mol. The average molecular weight is 450 g/mol. The quantitative estimate of drug-likeness (QED) is 0.698. The summed E-state index contributed by atoms with van der Waals surface area (Å²) in [6.45, 7) is 4.30. The molecule has 164 valence electrons. The number of imide groups is 1. The number of carbonyl (C=O) groups is 3. The Bertz CT molecular complexity index is 1190. The average Bonchev–Trinajstić information content (AvgIpc) is 3.24. The third-order valence-corrected chi connectivity index (χ3v) is 6.53. The predicted octanol–water partition coefficient (Wildman–Crippen LogP) is 4.05. The minimum absolute atomic E-state index is 0.0398. The molecule has 1 aromatic carbocycles. The number of aromatic nitrogens is 1. The van der Waals surface area contributed by atoms with Crippen LogP contribution in [0.2, 0.25) is 0 Å². The van der Waals surface area contributed by atoms with Gasteiger partial charge in [-0.15, -0.1) is 11.3 Å². The fourth-order valence-electron chi connectivity index (χ4n) is 3.88. The van der Waals surface area contributed by atoms with Crippen molar-refractivity contribution in [3.05, 3.63) is 59.0 Å². The van der Waals surface area contributed by atoms with Crippen LogP contribution in [0.15, 0.2) is 53.4 Å². The number of nitrogens with zero attached hydrogens (tertiary/aromatic N) is 3. The summed E-state index contributed by atoms with van der Waals surface area (Å²) in [5, 5.41) is 5.26. The molecular weight excluding hydrogens is 424 g/mol. The fourth-order valence-corrected chi connectivity index (χ4v) is 4.61. The highest BCUT2D eigenvalue weighted by molar-refractivity contribution is 7.14. The van der Waals surface area contributed by atoms with Crippen LogP contribution in [0, 0.1) is 5.92 Å². The lowest BCUT2D eigenvalue weighted by Crippen LogP contribution is -2.52. The van der Waals surface area contributed by atoms with Crippen LogP contribution < -0.4 is 5.32 Å². The van der Waals surface area contributed by atoms with Gasteiger partial charge < -0.3 is 5.32 Å². The number of urea groups is 1. The second kappa shape index (κ2) is 8.63. The third-order valence-electron chi connectivity index (χ3n) is 5.77. The van der Waals surface area contributed by atoms with Crippen molar-refractivity contribution in [3.63, 3.8) is 0 Å². The standard InChI is InChI=1S/C24H24N4O3S/c1-14(2)15-8-10-16(11-9-15)18-13-32-23(25-18)26-20(29)12-17-6-5-7-19-21(17)22(30)28(4)24(31)27(19)3/h5-11,13-14,21H,12H2,1-4H3/p+1. The molecule has 1 aliphatic carbocycles. The van der Waals surface area contributed by atoms with Gasteiger partial charge in [-0.05, 0) is 23.1 Å². The van der Waals surface area contributed by atoms with Gasteiger partial charge in [0, 0.05) is 17.4 Å². The Kier molecular flexibility index (Phi) is 5.88. The third kappa shape index (κ3) is 4.05. The number of hydrogen-bond acceptors (Lipinski definition) is 5. The van der Waals surface area contributed by atoms with Gasteiger partial charge in [-0.2, -0.15) is 14.3 Å². The highest BCUT2D eigenvalue weighted by Crippen LogP contribution is 2.29. The molecule has 2 aliphatic rings. The van der Waals surface area contributed by atoms with Gasteiger partial charge in [0.05, 0.1) is 19.8 Å². The number of thiazole rings is 1. The van der Waals surface area contributed by atoms with Crippen LogP contribution in [0.1, 0.15) is 31.7 Å². The van der Waals surface area contributed by atoms with Gasteiger partial charge in [0.15, 0.2) is 5.13 Å². The van der Waals surface area contributed by atoms with E-state index in [0.717, 1.165) is 16.2 Å². The maximum atomic E-state index is 12.7. The molecule has 0 bridgehead atoms. The predicted molar refractivity (Wildman–Crippen MR) is 125 cm³/mol. The Morgan fingerprint density at radius 3 is 2.66 bits per heavy atom. The molecule has 0 saturated heterocycles. The molecule has 0 fully saturated rings. The van der Waals surface area contributed by atoms with Crippen LogP contribution in [0.4, 0.5) is 9.93 Å². The van der Waals surface area contributed by atoms with Gasteiger partial charge in [0.2, 0.25) is 5.91 Å². The van der Waals surface area contributed by atoms with Gasteiger partial charge >= 0.3 is 11.9 Å². The minimum atomic E-state index is -0.634. The first-order chi connectivity index (χ1) is 15.3. The topological polar surface area (TPSA) is 82.4 Å². The van der Waals surface area contributed by atoms with Crippen LogP contribution >= 0.6 is 11.3 Å². The van der Waals surface area contributed by atoms with Gasteiger partial charge in [-0.1, -0.05) is 50.3 Å². The summed E-state index contributed by atoms with van der Waals surface area (Å²) >= 11 is 1.36. The van der Waals surface area contributed by atoms with E-state index in [9.17, 15) is 14.4 Å². The van der Waals surface area contributed by atoms with Crippen LogP contribution in [0.3, 0.4) is 0 Å². The van der Waals surface area contributed by atoms with E-state index in [1.165, 1.54) is 28.5 Å². The van der Waals surface area contributed by atoms with Crippen molar-refractivity contribution >= 4 is 40.0 Å². The number of anilines is 1. The molecule has 7 nitrogen and oxygen atoms in total. The minimum Gasteiger partial charge on any atom is -0.302 e. The number of benzene rings is 1. The largest absolute Gasteiger partial charge is 0.500 e. The molecule has 1 atom stereocenters. The lowest BCUT2D eigenvalue weighted by Gasteiger charge is -2.27. The van der Waals surface area contributed by atoms with Crippen LogP contribution in [0.25, 0.3) is 11.3 Å². The zero-order chi connectivity index (χ0) is 23.0. The van der Waals surface area contributed by atoms with E-state index in [0.29, 0.717) is 22.3 Å². The van der Waals surface area contributed by atoms with Crippen LogP contribution in [-0.4, -0.2) is 52.1 Å². The maximum absolute atomic E-state index is 12.7. The van der Waals surface area contributed by atoms with Crippen LogP contribution in [0.5, 0.6) is 0 Å². The Morgan fingerprint density at radius 2 is 1.97 bits per heavy atom. The van der Waals surface area contributed by atoms with E-state index in [1.807, 2.05) is 17.5 Å². The summed E-state index contributed by atoms with van der Waals surface area (Å²) in [5.41, 5.74) is 4.30. The molecule has 1 unspecified atom stereocenters. The Morgan fingerprint density at radius 1 is 1.25 bits per heavy atom. The lowest BCUT2D eigenvalue weighted by atomic mass is 9.85. The van der Waals surface area contributed by atoms with Gasteiger partial charge in [-0.25, -0.2) is 9.78 Å². The molecule has 2 heterocycles. The first kappa shape index (κ1) is 21.8. The highest BCUT2D eigenvalue weighted by Gasteiger charge is 2.46. The molecular formula is C24H25N4O3S+. The summed E-state index contributed by atoms with van der Waals surface area (Å²) in [5.74, 6) is -0.751. The van der Waals surface area contributed by atoms with Crippen LogP contribution in [-0.2, 0) is 9.59 Å². The molecule has 32 heavy (non-hydrogen) atoms. The van der Waals surface area contributed by atoms with E-state index in [4.69, 9.17) is 0 Å². The van der Waals surface area contributed by atoms with E-state index in [2.05, 4.69) is 36.3 Å². The molecule has 4 rings (SSSR count). The van der Waals surface area contributed by atoms with E-state index in [-0.39, 0.29) is 24.3 Å². The molecule has 0 radical (unpaired) electrons. The summed E-state index contributed by atoms with van der Waals surface area (Å²) in [7, 11) is 3.09. The lowest BCUT2D eigenvalue weighted by molar-refractivity contribution is -0.405. The summed E-state index contributed by atoms with van der Waals surface area (Å²) < 4.78 is 1.45. The Labute approximate surface area is 190 Å². The van der Waals surface area contributed by atoms with Crippen molar-refractivity contribution in [1.29, 1.82) is 0 Å². The van der Waals surface area contributed by atoms with Crippen molar-refractivity contribution in [2.45, 2.75) is 26.2 Å². The second-order valence-electron chi connectivity index (χ2n) is 8.24. The van der Waals surface area contributed by atoms with Crippen molar-refractivity contribution in [1.82, 2.24) is 9.88 Å². The maximum Gasteiger partial charge on any atom is 0.500 e. The van der Waals surface area contributed by atoms with Gasteiger partial charge in [0.1, 0.15) is 11.6 Å². The molecule has 0 saturated carbocycles. The number of carbonyl (C=O) groups excluding carboxylic acids is 3. The fraction of sp³-hybridized carbons (Fsp3) is 0.292. The van der Waals surface area contributed by atoms with E-state index in [1.54, 1.807) is 25.3 Å². The molecule has 1 N–H and O–H groups in total. The van der Waals surface area contributed by atoms with Gasteiger partial charge in [0.25, 0.3) is 0 Å². The SMILES string of the molecule is CC(C)c1ccc(-c2csc(NC(=O)CC3=CC=CC4=[N+](C)C(=O)N(C)C(=O)C34)n2)cc1. The molecule has 1 aliphatic heterocycles. The van der Waals surface area contributed by atoms with Crippen molar-refractivity contribution < 1.29 is 19.0 Å².